The van der Waals surface area contributed by atoms with E-state index in [0.717, 1.165) is 0 Å². The lowest BCUT2D eigenvalue weighted by atomic mass is 9.86. The van der Waals surface area contributed by atoms with Crippen molar-refractivity contribution in [3.63, 3.8) is 0 Å². The van der Waals surface area contributed by atoms with Crippen LogP contribution in [-0.2, 0) is 24.9 Å². The molecule has 0 fully saturated rings. The summed E-state index contributed by atoms with van der Waals surface area (Å²) in [5, 5.41) is 5.34. The van der Waals surface area contributed by atoms with E-state index in [9.17, 15) is 0 Å². The molecule has 0 aliphatic carbocycles. The van der Waals surface area contributed by atoms with Gasteiger partial charge in [0.2, 0.25) is 0 Å². The van der Waals surface area contributed by atoms with E-state index in [1.807, 2.05) is 0 Å². The van der Waals surface area contributed by atoms with Gasteiger partial charge in [-0.25, -0.2) is 0 Å². The predicted molar refractivity (Wildman–Crippen MR) is 132 cm³/mol. The lowest BCUT2D eigenvalue weighted by Crippen LogP contribution is -2.10. The molecule has 0 bridgehead atoms. The van der Waals surface area contributed by atoms with Gasteiger partial charge in [0.1, 0.15) is 0 Å². The molecule has 0 aliphatic rings. The Hall–Kier alpha value is -2.74. The maximum Gasteiger partial charge on any atom is 0.0496 e. The summed E-state index contributed by atoms with van der Waals surface area (Å²) < 4.78 is 4.73. The zero-order chi connectivity index (χ0) is 21.6. The van der Waals surface area contributed by atoms with Gasteiger partial charge in [0, 0.05) is 57.7 Å². The molecule has 0 N–H and O–H groups in total. The van der Waals surface area contributed by atoms with Crippen LogP contribution in [0.5, 0.6) is 0 Å². The van der Waals surface area contributed by atoms with Gasteiger partial charge in [-0.05, 0) is 46.2 Å². The standard InChI is InChI=1S/C28H32N2/c1-27(2,3)17-9-11-19-21-15-26-22(16-25(21)29(7)23(19)13-17)20-12-10-18(28(4,5)6)14-24(20)30(26)8/h9-16H,1-8H3. The first-order chi connectivity index (χ1) is 14.0. The Morgan fingerprint density at radius 2 is 0.800 bits per heavy atom. The summed E-state index contributed by atoms with van der Waals surface area (Å²) in [5.41, 5.74) is 8.29. The fraction of sp³-hybridized carbons (Fsp3) is 0.357. The Morgan fingerprint density at radius 3 is 1.13 bits per heavy atom. The Kier molecular flexibility index (Phi) is 3.79. The molecule has 3 aromatic carbocycles. The van der Waals surface area contributed by atoms with Crippen molar-refractivity contribution in [2.24, 2.45) is 14.1 Å². The molecular formula is C28H32N2. The highest BCUT2D eigenvalue weighted by molar-refractivity contribution is 6.17. The summed E-state index contributed by atoms with van der Waals surface area (Å²) >= 11 is 0. The number of nitrogens with zero attached hydrogens (tertiary/aromatic N) is 2. The number of hydrogen-bond acceptors (Lipinski definition) is 0. The summed E-state index contributed by atoms with van der Waals surface area (Å²) in [5.74, 6) is 0. The van der Waals surface area contributed by atoms with Crippen molar-refractivity contribution in [2.45, 2.75) is 52.4 Å². The summed E-state index contributed by atoms with van der Waals surface area (Å²) in [6, 6.07) is 18.7. The fourth-order valence-corrected chi connectivity index (χ4v) is 4.83. The summed E-state index contributed by atoms with van der Waals surface area (Å²) in [7, 11) is 4.40. The van der Waals surface area contributed by atoms with Crippen LogP contribution in [0, 0.1) is 0 Å². The van der Waals surface area contributed by atoms with E-state index in [1.165, 1.54) is 54.7 Å². The topological polar surface area (TPSA) is 9.86 Å². The van der Waals surface area contributed by atoms with Crippen LogP contribution in [0.25, 0.3) is 43.6 Å². The monoisotopic (exact) mass is 396 g/mol. The molecule has 2 heteroatoms. The first-order valence-corrected chi connectivity index (χ1v) is 10.9. The molecule has 2 aromatic heterocycles. The summed E-state index contributed by atoms with van der Waals surface area (Å²) in [6.07, 6.45) is 0. The van der Waals surface area contributed by atoms with Crippen molar-refractivity contribution in [1.29, 1.82) is 0 Å². The Bertz CT molecular complexity index is 1350. The molecule has 0 radical (unpaired) electrons. The fourth-order valence-electron chi connectivity index (χ4n) is 4.83. The largest absolute Gasteiger partial charge is 0.344 e. The van der Waals surface area contributed by atoms with Crippen LogP contribution < -0.4 is 0 Å². The van der Waals surface area contributed by atoms with Crippen LogP contribution in [0.3, 0.4) is 0 Å². The van der Waals surface area contributed by atoms with Gasteiger partial charge in [-0.3, -0.25) is 0 Å². The van der Waals surface area contributed by atoms with Gasteiger partial charge in [0.25, 0.3) is 0 Å². The second-order valence-electron chi connectivity index (χ2n) is 11.0. The van der Waals surface area contributed by atoms with Crippen molar-refractivity contribution in [3.05, 3.63) is 59.7 Å². The number of rotatable bonds is 0. The van der Waals surface area contributed by atoms with Crippen molar-refractivity contribution in [3.8, 4) is 0 Å². The van der Waals surface area contributed by atoms with E-state index >= 15 is 0 Å². The molecule has 5 aromatic rings. The molecule has 154 valence electrons. The highest BCUT2D eigenvalue weighted by Gasteiger charge is 2.19. The van der Waals surface area contributed by atoms with Crippen LogP contribution in [0.15, 0.2) is 48.5 Å². The quantitative estimate of drug-likeness (QED) is 0.255. The SMILES string of the molecule is Cn1c2cc(C(C)(C)C)ccc2c2cc3c(cc21)c1ccc(C(C)(C)C)cc1n3C. The van der Waals surface area contributed by atoms with Crippen LogP contribution in [0.1, 0.15) is 52.7 Å². The zero-order valence-electron chi connectivity index (χ0n) is 19.5. The number of aromatic nitrogens is 2. The smallest absolute Gasteiger partial charge is 0.0496 e. The number of hydrogen-bond donors (Lipinski definition) is 0. The van der Waals surface area contributed by atoms with E-state index < -0.39 is 0 Å². The Balaban J connectivity index is 1.86. The van der Waals surface area contributed by atoms with Crippen molar-refractivity contribution < 1.29 is 0 Å². The molecule has 0 atom stereocenters. The first kappa shape index (κ1) is 19.2. The van der Waals surface area contributed by atoms with Gasteiger partial charge >= 0.3 is 0 Å². The third-order valence-corrected chi connectivity index (χ3v) is 6.87. The van der Waals surface area contributed by atoms with E-state index in [-0.39, 0.29) is 10.8 Å². The first-order valence-electron chi connectivity index (χ1n) is 10.9. The van der Waals surface area contributed by atoms with Crippen LogP contribution in [0.4, 0.5) is 0 Å². The lowest BCUT2D eigenvalue weighted by molar-refractivity contribution is 0.590. The zero-order valence-corrected chi connectivity index (χ0v) is 19.5. The second kappa shape index (κ2) is 5.91. The Labute approximate surface area is 179 Å². The number of fused-ring (bicyclic) bond motifs is 6. The average Bonchev–Trinajstić information content (AvgIpc) is 3.11. The van der Waals surface area contributed by atoms with Crippen molar-refractivity contribution in [2.75, 3.05) is 0 Å². The second-order valence-corrected chi connectivity index (χ2v) is 11.0. The molecule has 0 spiro atoms. The molecule has 0 saturated heterocycles. The van der Waals surface area contributed by atoms with Crippen LogP contribution in [-0.4, -0.2) is 9.13 Å². The molecule has 0 aliphatic heterocycles. The van der Waals surface area contributed by atoms with Crippen molar-refractivity contribution >= 4 is 43.6 Å². The van der Waals surface area contributed by atoms with Crippen LogP contribution in [0.2, 0.25) is 0 Å². The van der Waals surface area contributed by atoms with Gasteiger partial charge in [-0.15, -0.1) is 0 Å². The average molecular weight is 397 g/mol. The number of benzene rings is 3. The Morgan fingerprint density at radius 1 is 0.467 bits per heavy atom. The van der Waals surface area contributed by atoms with Gasteiger partial charge in [-0.1, -0.05) is 65.8 Å². The highest BCUT2D eigenvalue weighted by Crippen LogP contribution is 2.38. The third kappa shape index (κ3) is 2.62. The molecule has 0 unspecified atom stereocenters. The van der Waals surface area contributed by atoms with Gasteiger partial charge in [-0.2, -0.15) is 0 Å². The predicted octanol–water partition coefficient (Wildman–Crippen LogP) is 7.57. The van der Waals surface area contributed by atoms with E-state index in [1.54, 1.807) is 0 Å². The molecule has 5 rings (SSSR count). The van der Waals surface area contributed by atoms with Gasteiger partial charge < -0.3 is 9.13 Å². The summed E-state index contributed by atoms with van der Waals surface area (Å²) in [6.45, 7) is 13.7. The molecule has 0 saturated carbocycles. The molecule has 2 heterocycles. The van der Waals surface area contributed by atoms with Gasteiger partial charge in [0.15, 0.2) is 0 Å². The molecule has 2 nitrogen and oxygen atoms in total. The lowest BCUT2D eigenvalue weighted by Gasteiger charge is -2.19. The number of aryl methyl sites for hydroxylation is 2. The van der Waals surface area contributed by atoms with Crippen molar-refractivity contribution in [1.82, 2.24) is 9.13 Å². The molecule has 30 heavy (non-hydrogen) atoms. The van der Waals surface area contributed by atoms with Crippen LogP contribution >= 0.6 is 0 Å². The maximum absolute atomic E-state index is 2.39. The maximum atomic E-state index is 2.39. The highest BCUT2D eigenvalue weighted by atomic mass is 15.0. The minimum absolute atomic E-state index is 0.149. The minimum Gasteiger partial charge on any atom is -0.344 e. The summed E-state index contributed by atoms with van der Waals surface area (Å²) in [4.78, 5) is 0. The molecular weight excluding hydrogens is 364 g/mol. The van der Waals surface area contributed by atoms with E-state index in [4.69, 9.17) is 0 Å². The minimum atomic E-state index is 0.149. The van der Waals surface area contributed by atoms with E-state index in [0.29, 0.717) is 0 Å². The van der Waals surface area contributed by atoms with E-state index in [2.05, 4.69) is 113 Å². The van der Waals surface area contributed by atoms with Gasteiger partial charge in [0.05, 0.1) is 0 Å². The normalized spacial score (nSPS) is 13.3. The molecule has 0 amide bonds. The third-order valence-electron chi connectivity index (χ3n) is 6.87.